The number of carbonyl (C=O) groups is 4. The number of carboxylic acid groups (broad SMARTS) is 2. The summed E-state index contributed by atoms with van der Waals surface area (Å²) in [5.41, 5.74) is 20.5. The van der Waals surface area contributed by atoms with Gasteiger partial charge in [0.05, 0.1) is 12.7 Å². The van der Waals surface area contributed by atoms with Gasteiger partial charge in [-0.3, -0.25) is 9.59 Å². The Morgan fingerprint density at radius 2 is 1.12 bits per heavy atom. The number of hydrogen-bond donors (Lipinski definition) is 8. The van der Waals surface area contributed by atoms with Gasteiger partial charge in [0.1, 0.15) is 11.4 Å². The van der Waals surface area contributed by atoms with Crippen molar-refractivity contribution in [2.45, 2.75) is 0 Å². The van der Waals surface area contributed by atoms with Gasteiger partial charge >= 0.3 is 11.9 Å². The molecule has 2 aromatic rings. The van der Waals surface area contributed by atoms with Crippen LogP contribution in [-0.4, -0.2) is 53.9 Å². The lowest BCUT2D eigenvalue weighted by Gasteiger charge is -1.87. The highest BCUT2D eigenvalue weighted by Gasteiger charge is 2.06. The number of aliphatic carboxylic acids is 2. The smallest absolute Gasteiger partial charge is 0.328 e. The van der Waals surface area contributed by atoms with E-state index in [2.05, 4.69) is 19.9 Å². The number of aromatic nitrogens is 4. The second kappa shape index (κ2) is 10.4. The summed E-state index contributed by atoms with van der Waals surface area (Å²) in [6.45, 7) is 0. The topological polar surface area (TPSA) is 270 Å². The summed E-state index contributed by atoms with van der Waals surface area (Å²) in [6, 6.07) is 0. The van der Waals surface area contributed by atoms with Crippen LogP contribution in [0.3, 0.4) is 0 Å². The largest absolute Gasteiger partial charge is 0.478 e. The van der Waals surface area contributed by atoms with Crippen molar-refractivity contribution in [2.24, 2.45) is 11.5 Å². The highest BCUT2D eigenvalue weighted by Crippen LogP contribution is 2.01. The molecule has 0 radical (unpaired) electrons. The Balaban J connectivity index is 0.000000362. The Hall–Kier alpha value is -4.36. The van der Waals surface area contributed by atoms with Crippen molar-refractivity contribution < 1.29 is 29.4 Å². The molecule has 0 saturated carbocycles. The molecule has 26 heavy (non-hydrogen) atoms. The fraction of sp³-hybridized carbons (Fsp3) is 0. The lowest BCUT2D eigenvalue weighted by Crippen LogP contribution is -2.13. The standard InChI is InChI=1S/2C4H6N4O.C4H4O4/c2*5-3-2(4(6)9)7-1-8-3;5-3(6)1-2-4(7)8/h2*1H,5H2,(H2,6,9)(H,7,8);1-2H,(H,5,6)(H,7,8)/b;;2-1-. The molecule has 0 aliphatic carbocycles. The van der Waals surface area contributed by atoms with Crippen LogP contribution in [0.2, 0.25) is 0 Å². The van der Waals surface area contributed by atoms with Gasteiger partial charge in [0.25, 0.3) is 11.8 Å². The monoisotopic (exact) mass is 368 g/mol. The molecule has 0 spiro atoms. The summed E-state index contributed by atoms with van der Waals surface area (Å²) in [5, 5.41) is 15.6. The van der Waals surface area contributed by atoms with Crippen molar-refractivity contribution in [3.05, 3.63) is 36.2 Å². The Kier molecular flexibility index (Phi) is 8.67. The number of nitrogens with two attached hydrogens (primary N) is 4. The molecule has 2 heterocycles. The van der Waals surface area contributed by atoms with E-state index in [-0.39, 0.29) is 23.0 Å². The minimum Gasteiger partial charge on any atom is -0.478 e. The predicted molar refractivity (Wildman–Crippen MR) is 87.4 cm³/mol. The molecular weight excluding hydrogens is 352 g/mol. The molecule has 0 unspecified atom stereocenters. The lowest BCUT2D eigenvalue weighted by molar-refractivity contribution is -0.134. The normalized spacial score (nSPS) is 9.38. The van der Waals surface area contributed by atoms with Crippen LogP contribution >= 0.6 is 0 Å². The number of carboxylic acids is 2. The van der Waals surface area contributed by atoms with Crippen LogP contribution in [0.1, 0.15) is 21.0 Å². The maximum atomic E-state index is 10.4. The average molecular weight is 368 g/mol. The highest BCUT2D eigenvalue weighted by atomic mass is 16.4. The van der Waals surface area contributed by atoms with Gasteiger partial charge in [0, 0.05) is 12.2 Å². The fourth-order valence-corrected chi connectivity index (χ4v) is 1.15. The number of imidazole rings is 2. The quantitative estimate of drug-likeness (QED) is 0.272. The first-order valence-electron chi connectivity index (χ1n) is 6.37. The molecule has 14 heteroatoms. The molecule has 0 fully saturated rings. The summed E-state index contributed by atoms with van der Waals surface area (Å²) in [4.78, 5) is 51.9. The number of nitrogens with zero attached hydrogens (tertiary/aromatic N) is 2. The first kappa shape index (κ1) is 21.6. The zero-order valence-corrected chi connectivity index (χ0v) is 13.0. The number of hydrogen-bond acceptors (Lipinski definition) is 8. The Bertz CT molecular complexity index is 742. The van der Waals surface area contributed by atoms with Crippen LogP contribution in [-0.2, 0) is 9.59 Å². The molecule has 2 aromatic heterocycles. The van der Waals surface area contributed by atoms with Crippen LogP contribution in [0.4, 0.5) is 11.6 Å². The molecule has 2 amide bonds. The van der Waals surface area contributed by atoms with E-state index in [4.69, 9.17) is 33.1 Å². The van der Waals surface area contributed by atoms with Crippen molar-refractivity contribution in [3.8, 4) is 0 Å². The summed E-state index contributed by atoms with van der Waals surface area (Å²) >= 11 is 0. The summed E-state index contributed by atoms with van der Waals surface area (Å²) in [6.07, 6.45) is 3.75. The number of nitrogen functional groups attached to an aromatic ring is 2. The van der Waals surface area contributed by atoms with Gasteiger partial charge in [0.2, 0.25) is 0 Å². The van der Waals surface area contributed by atoms with Crippen molar-refractivity contribution in [1.29, 1.82) is 0 Å². The fourth-order valence-electron chi connectivity index (χ4n) is 1.15. The van der Waals surface area contributed by atoms with Gasteiger partial charge in [-0.25, -0.2) is 19.6 Å². The van der Waals surface area contributed by atoms with Crippen LogP contribution in [0, 0.1) is 0 Å². The van der Waals surface area contributed by atoms with Gasteiger partial charge in [0.15, 0.2) is 11.6 Å². The number of rotatable bonds is 4. The van der Waals surface area contributed by atoms with Gasteiger partial charge in [-0.2, -0.15) is 0 Å². The number of nitrogens with one attached hydrogen (secondary N) is 2. The Labute approximate surface area is 144 Å². The van der Waals surface area contributed by atoms with E-state index < -0.39 is 23.8 Å². The summed E-state index contributed by atoms with van der Waals surface area (Å²) in [5.74, 6) is -3.42. The molecule has 0 aliphatic heterocycles. The number of H-pyrrole nitrogens is 2. The third-order valence-electron chi connectivity index (χ3n) is 2.20. The van der Waals surface area contributed by atoms with Crippen LogP contribution < -0.4 is 22.9 Å². The van der Waals surface area contributed by atoms with E-state index in [0.717, 1.165) is 0 Å². The highest BCUT2D eigenvalue weighted by molar-refractivity contribution is 5.95. The maximum absolute atomic E-state index is 10.4. The number of primary amides is 2. The molecule has 14 nitrogen and oxygen atoms in total. The third kappa shape index (κ3) is 8.32. The molecule has 0 aliphatic rings. The zero-order valence-electron chi connectivity index (χ0n) is 13.0. The summed E-state index contributed by atoms with van der Waals surface area (Å²) in [7, 11) is 0. The number of carbonyl (C=O) groups excluding carboxylic acids is 2. The maximum Gasteiger partial charge on any atom is 0.328 e. The molecule has 12 N–H and O–H groups in total. The zero-order chi connectivity index (χ0) is 20.3. The molecule has 140 valence electrons. The molecule has 0 bridgehead atoms. The first-order chi connectivity index (χ1) is 12.1. The average Bonchev–Trinajstić information content (AvgIpc) is 3.14. The van der Waals surface area contributed by atoms with Crippen molar-refractivity contribution in [3.63, 3.8) is 0 Å². The van der Waals surface area contributed by atoms with E-state index >= 15 is 0 Å². The van der Waals surface area contributed by atoms with Gasteiger partial charge in [-0.05, 0) is 0 Å². The molecule has 2 rings (SSSR count). The first-order valence-corrected chi connectivity index (χ1v) is 6.37. The number of aromatic amines is 2. The van der Waals surface area contributed by atoms with Crippen molar-refractivity contribution >= 4 is 35.4 Å². The SMILES string of the molecule is NC(=O)c1[nH]cnc1N.NC(=O)c1[nH]cnc1N.O=C(O)/C=C\C(=O)O. The van der Waals surface area contributed by atoms with E-state index in [1.54, 1.807) is 0 Å². The van der Waals surface area contributed by atoms with E-state index in [9.17, 15) is 19.2 Å². The Morgan fingerprint density at radius 1 is 0.808 bits per heavy atom. The third-order valence-corrected chi connectivity index (χ3v) is 2.20. The second-order valence-corrected chi connectivity index (χ2v) is 4.06. The van der Waals surface area contributed by atoms with Crippen LogP contribution in [0.5, 0.6) is 0 Å². The minimum absolute atomic E-state index is 0.141. The van der Waals surface area contributed by atoms with E-state index in [0.29, 0.717) is 12.2 Å². The second-order valence-electron chi connectivity index (χ2n) is 4.06. The molecule has 0 saturated heterocycles. The lowest BCUT2D eigenvalue weighted by atomic mass is 10.4. The van der Waals surface area contributed by atoms with Crippen LogP contribution in [0.25, 0.3) is 0 Å². The van der Waals surface area contributed by atoms with Crippen LogP contribution in [0.15, 0.2) is 24.8 Å². The molecule has 0 atom stereocenters. The summed E-state index contributed by atoms with van der Waals surface area (Å²) < 4.78 is 0. The van der Waals surface area contributed by atoms with Crippen molar-refractivity contribution in [2.75, 3.05) is 11.5 Å². The number of amides is 2. The van der Waals surface area contributed by atoms with Crippen molar-refractivity contribution in [1.82, 2.24) is 19.9 Å². The van der Waals surface area contributed by atoms with E-state index in [1.165, 1.54) is 12.7 Å². The van der Waals surface area contributed by atoms with E-state index in [1.807, 2.05) is 0 Å². The Morgan fingerprint density at radius 3 is 1.23 bits per heavy atom. The predicted octanol–water partition coefficient (Wildman–Crippen LogP) is -2.11. The minimum atomic E-state index is -1.26. The number of anilines is 2. The van der Waals surface area contributed by atoms with Gasteiger partial charge in [-0.15, -0.1) is 0 Å². The van der Waals surface area contributed by atoms with Gasteiger partial charge < -0.3 is 43.1 Å². The molecular formula is C12H16N8O6. The van der Waals surface area contributed by atoms with Gasteiger partial charge in [-0.1, -0.05) is 0 Å². The molecule has 0 aromatic carbocycles.